The van der Waals surface area contributed by atoms with Crippen molar-refractivity contribution >= 4 is 28.1 Å². The Kier molecular flexibility index (Phi) is 6.44. The molecule has 0 aliphatic heterocycles. The van der Waals surface area contributed by atoms with E-state index >= 15 is 0 Å². The molecular weight excluding hydrogens is 271 g/mol. The monoisotopic (exact) mass is 288 g/mol. The normalized spacial score (nSPS) is 12.1. The zero-order chi connectivity index (χ0) is 14.3. The van der Waals surface area contributed by atoms with Gasteiger partial charge in [-0.05, 0) is 18.2 Å². The number of hydrogen-bond acceptors (Lipinski definition) is 4. The molecule has 19 heavy (non-hydrogen) atoms. The van der Waals surface area contributed by atoms with Crippen molar-refractivity contribution in [2.75, 3.05) is 36.3 Å². The van der Waals surface area contributed by atoms with Crippen LogP contribution in [0.5, 0.6) is 0 Å². The molecule has 0 saturated carbocycles. The minimum Gasteiger partial charge on any atom is -0.396 e. The molecule has 0 bridgehead atoms. The first-order chi connectivity index (χ1) is 9.02. The number of amides is 1. The third-order valence-electron chi connectivity index (χ3n) is 2.35. The Labute approximate surface area is 113 Å². The number of rotatable bonds is 7. The lowest BCUT2D eigenvalue weighted by Crippen LogP contribution is -2.17. The summed E-state index contributed by atoms with van der Waals surface area (Å²) in [5.41, 5.74) is 5.78. The Balaban J connectivity index is 2.38. The Morgan fingerprint density at radius 1 is 1.47 bits per heavy atom. The van der Waals surface area contributed by atoms with Crippen molar-refractivity contribution in [2.45, 2.75) is 6.42 Å². The van der Waals surface area contributed by atoms with E-state index in [0.29, 0.717) is 18.0 Å². The van der Waals surface area contributed by atoms with Crippen LogP contribution in [0.15, 0.2) is 18.2 Å². The lowest BCUT2D eigenvalue weighted by molar-refractivity contribution is -0.115. The molecule has 0 aromatic heterocycles. The van der Waals surface area contributed by atoms with Crippen LogP contribution in [0.4, 0.5) is 15.8 Å². The molecule has 0 saturated heterocycles. The quantitative estimate of drug-likeness (QED) is 0.737. The molecule has 0 aliphatic rings. The lowest BCUT2D eigenvalue weighted by atomic mass is 10.2. The minimum atomic E-state index is -1.08. The summed E-state index contributed by atoms with van der Waals surface area (Å²) in [6.45, 7) is 0.405. The molecule has 5 nitrogen and oxygen atoms in total. The molecule has 106 valence electrons. The molecule has 0 aliphatic carbocycles. The summed E-state index contributed by atoms with van der Waals surface area (Å²) in [7, 11) is 0.454. The van der Waals surface area contributed by atoms with Gasteiger partial charge >= 0.3 is 0 Å². The van der Waals surface area contributed by atoms with E-state index in [-0.39, 0.29) is 23.8 Å². The van der Waals surface area contributed by atoms with Crippen LogP contribution in [0.2, 0.25) is 0 Å². The fourth-order valence-electron chi connectivity index (χ4n) is 1.33. The van der Waals surface area contributed by atoms with E-state index < -0.39 is 16.6 Å². The van der Waals surface area contributed by atoms with Gasteiger partial charge < -0.3 is 15.8 Å². The van der Waals surface area contributed by atoms with Crippen molar-refractivity contribution in [3.05, 3.63) is 24.0 Å². The number of halogens is 1. The van der Waals surface area contributed by atoms with E-state index in [1.165, 1.54) is 25.3 Å². The van der Waals surface area contributed by atoms with E-state index in [0.717, 1.165) is 0 Å². The number of ether oxygens (including phenoxy) is 1. The van der Waals surface area contributed by atoms with Gasteiger partial charge in [0, 0.05) is 41.5 Å². The van der Waals surface area contributed by atoms with Crippen LogP contribution in [0.1, 0.15) is 6.42 Å². The van der Waals surface area contributed by atoms with Gasteiger partial charge in [-0.1, -0.05) is 0 Å². The second kappa shape index (κ2) is 7.85. The largest absolute Gasteiger partial charge is 0.396 e. The third kappa shape index (κ3) is 5.80. The van der Waals surface area contributed by atoms with Crippen LogP contribution in [0, 0.1) is 5.82 Å². The van der Waals surface area contributed by atoms with Crippen LogP contribution in [-0.2, 0) is 20.3 Å². The predicted octanol–water partition coefficient (Wildman–Crippen LogP) is 1.13. The van der Waals surface area contributed by atoms with Gasteiger partial charge in [0.25, 0.3) is 0 Å². The summed E-state index contributed by atoms with van der Waals surface area (Å²) in [5.74, 6) is -0.130. The highest BCUT2D eigenvalue weighted by atomic mass is 32.2. The van der Waals surface area contributed by atoms with Gasteiger partial charge in [-0.15, -0.1) is 0 Å². The van der Waals surface area contributed by atoms with E-state index in [4.69, 9.17) is 10.5 Å². The zero-order valence-electron chi connectivity index (χ0n) is 10.6. The first-order valence-electron chi connectivity index (χ1n) is 5.71. The average molecular weight is 288 g/mol. The predicted molar refractivity (Wildman–Crippen MR) is 73.8 cm³/mol. The van der Waals surface area contributed by atoms with Gasteiger partial charge in [-0.25, -0.2) is 4.39 Å². The number of carbonyl (C=O) groups is 1. The van der Waals surface area contributed by atoms with Gasteiger partial charge in [0.1, 0.15) is 5.82 Å². The molecule has 7 heteroatoms. The molecule has 1 rings (SSSR count). The summed E-state index contributed by atoms with van der Waals surface area (Å²) in [6.07, 6.45) is 0.133. The summed E-state index contributed by atoms with van der Waals surface area (Å²) in [5, 5.41) is 2.57. The lowest BCUT2D eigenvalue weighted by Gasteiger charge is -2.06. The van der Waals surface area contributed by atoms with E-state index in [2.05, 4.69) is 5.32 Å². The Morgan fingerprint density at radius 2 is 2.21 bits per heavy atom. The Hall–Kier alpha value is -1.47. The van der Waals surface area contributed by atoms with Crippen LogP contribution in [0.25, 0.3) is 0 Å². The summed E-state index contributed by atoms with van der Waals surface area (Å²) in [4.78, 5) is 11.6. The molecule has 1 atom stereocenters. The van der Waals surface area contributed by atoms with Crippen molar-refractivity contribution in [2.24, 2.45) is 0 Å². The standard InChI is InChI=1S/C12H17FN2O3S/c1-18-5-7-19(17)6-4-12(16)15-9-2-3-10(13)11(14)8-9/h2-3,8H,4-7,14H2,1H3,(H,15,16). The van der Waals surface area contributed by atoms with Crippen LogP contribution in [-0.4, -0.2) is 35.3 Å². The SMILES string of the molecule is COCCS(=O)CCC(=O)Nc1ccc(F)c(N)c1. The highest BCUT2D eigenvalue weighted by Crippen LogP contribution is 2.16. The van der Waals surface area contributed by atoms with Crippen LogP contribution in [0.3, 0.4) is 0 Å². The summed E-state index contributed by atoms with van der Waals surface area (Å²) in [6, 6.07) is 3.95. The van der Waals surface area contributed by atoms with E-state index in [9.17, 15) is 13.4 Å². The smallest absolute Gasteiger partial charge is 0.225 e. The average Bonchev–Trinajstić information content (AvgIpc) is 2.38. The summed E-state index contributed by atoms with van der Waals surface area (Å²) >= 11 is 0. The minimum absolute atomic E-state index is 0.0264. The Morgan fingerprint density at radius 3 is 2.84 bits per heavy atom. The number of nitrogen functional groups attached to an aromatic ring is 1. The molecule has 0 heterocycles. The molecule has 3 N–H and O–H groups in total. The number of anilines is 2. The van der Waals surface area contributed by atoms with Crippen LogP contribution >= 0.6 is 0 Å². The van der Waals surface area contributed by atoms with Crippen LogP contribution < -0.4 is 11.1 Å². The second-order valence-corrected chi connectivity index (χ2v) is 5.57. The highest BCUT2D eigenvalue weighted by Gasteiger charge is 2.07. The summed E-state index contributed by atoms with van der Waals surface area (Å²) < 4.78 is 29.2. The first-order valence-corrected chi connectivity index (χ1v) is 7.20. The number of nitrogens with one attached hydrogen (secondary N) is 1. The maximum absolute atomic E-state index is 12.9. The number of nitrogens with two attached hydrogens (primary N) is 1. The van der Waals surface area contributed by atoms with E-state index in [1.54, 1.807) is 0 Å². The fraction of sp³-hybridized carbons (Fsp3) is 0.417. The second-order valence-electron chi connectivity index (χ2n) is 3.88. The van der Waals surface area contributed by atoms with Crippen molar-refractivity contribution in [3.63, 3.8) is 0 Å². The molecular formula is C12H17FN2O3S. The van der Waals surface area contributed by atoms with Gasteiger partial charge in [-0.2, -0.15) is 0 Å². The number of benzene rings is 1. The van der Waals surface area contributed by atoms with Crippen molar-refractivity contribution in [1.29, 1.82) is 0 Å². The topological polar surface area (TPSA) is 81.4 Å². The van der Waals surface area contributed by atoms with E-state index in [1.807, 2.05) is 0 Å². The highest BCUT2D eigenvalue weighted by molar-refractivity contribution is 7.85. The van der Waals surface area contributed by atoms with Gasteiger partial charge in [0.05, 0.1) is 12.3 Å². The van der Waals surface area contributed by atoms with Crippen molar-refractivity contribution < 1.29 is 18.1 Å². The van der Waals surface area contributed by atoms with Gasteiger partial charge in [0.15, 0.2) is 0 Å². The maximum atomic E-state index is 12.9. The van der Waals surface area contributed by atoms with Gasteiger partial charge in [0.2, 0.25) is 5.91 Å². The molecule has 1 aromatic rings. The molecule has 1 unspecified atom stereocenters. The fourth-order valence-corrected chi connectivity index (χ4v) is 2.30. The molecule has 0 radical (unpaired) electrons. The Bertz CT molecular complexity index is 468. The first kappa shape index (κ1) is 15.6. The molecule has 1 amide bonds. The van der Waals surface area contributed by atoms with Gasteiger partial charge in [-0.3, -0.25) is 9.00 Å². The molecule has 1 aromatic carbocycles. The third-order valence-corrected chi connectivity index (χ3v) is 3.63. The number of hydrogen-bond donors (Lipinski definition) is 2. The van der Waals surface area contributed by atoms with Crippen molar-refractivity contribution in [3.8, 4) is 0 Å². The maximum Gasteiger partial charge on any atom is 0.225 e. The number of carbonyl (C=O) groups excluding carboxylic acids is 1. The number of methoxy groups -OCH3 is 1. The molecule has 0 spiro atoms. The van der Waals surface area contributed by atoms with Crippen molar-refractivity contribution in [1.82, 2.24) is 0 Å². The molecule has 0 fully saturated rings. The zero-order valence-corrected chi connectivity index (χ0v) is 11.5.